The monoisotopic (exact) mass is 352 g/mol. The molecule has 4 rings (SSSR count). The molecule has 1 aliphatic rings. The standard InChI is InChI=1S/C19H24N6O/c1-2-11-25-18(26)15-17(23-16(22-15)13-7-4-3-5-8-13)24-19(25)21-14-9-6-10-20-12-14/h6,9-10,12-13H,2-5,7-8,11H2,1H3,(H,21,24)(H,22,23). The Bertz CT molecular complexity index is 940. The van der Waals surface area contributed by atoms with Crippen molar-refractivity contribution < 1.29 is 0 Å². The number of fused-ring (bicyclic) bond motifs is 1. The predicted octanol–water partition coefficient (Wildman–Crippen LogP) is 3.72. The minimum absolute atomic E-state index is 0.0715. The van der Waals surface area contributed by atoms with Crippen molar-refractivity contribution in [1.29, 1.82) is 0 Å². The SMILES string of the molecule is CCCn1c(Nc2cccnc2)nc2nc(C3CCCCC3)[nH]c2c1=O. The molecule has 1 fully saturated rings. The molecule has 3 heterocycles. The van der Waals surface area contributed by atoms with E-state index in [0.717, 1.165) is 30.8 Å². The second kappa shape index (κ2) is 7.27. The predicted molar refractivity (Wildman–Crippen MR) is 102 cm³/mol. The summed E-state index contributed by atoms with van der Waals surface area (Å²) in [5, 5.41) is 3.21. The maximum Gasteiger partial charge on any atom is 0.280 e. The molecule has 0 unspecified atom stereocenters. The second-order valence-electron chi connectivity index (χ2n) is 6.91. The van der Waals surface area contributed by atoms with Crippen LogP contribution in [-0.4, -0.2) is 24.5 Å². The molecule has 0 aromatic carbocycles. The van der Waals surface area contributed by atoms with Crippen molar-refractivity contribution in [3.8, 4) is 0 Å². The number of aromatic amines is 1. The van der Waals surface area contributed by atoms with Gasteiger partial charge in [0.05, 0.1) is 11.9 Å². The van der Waals surface area contributed by atoms with Crippen molar-refractivity contribution in [2.45, 2.75) is 57.9 Å². The van der Waals surface area contributed by atoms with Crippen LogP contribution >= 0.6 is 0 Å². The van der Waals surface area contributed by atoms with Gasteiger partial charge in [0.15, 0.2) is 11.2 Å². The lowest BCUT2D eigenvalue weighted by molar-refractivity contribution is 0.431. The van der Waals surface area contributed by atoms with E-state index in [4.69, 9.17) is 0 Å². The minimum atomic E-state index is -0.0715. The van der Waals surface area contributed by atoms with E-state index in [2.05, 4.69) is 25.3 Å². The molecule has 3 aromatic rings. The zero-order valence-electron chi connectivity index (χ0n) is 15.0. The molecular formula is C19H24N6O. The van der Waals surface area contributed by atoms with Gasteiger partial charge in [-0.2, -0.15) is 4.98 Å². The molecule has 7 heteroatoms. The van der Waals surface area contributed by atoms with E-state index in [0.29, 0.717) is 29.6 Å². The summed E-state index contributed by atoms with van der Waals surface area (Å²) >= 11 is 0. The van der Waals surface area contributed by atoms with Crippen molar-refractivity contribution in [1.82, 2.24) is 24.5 Å². The number of imidazole rings is 1. The van der Waals surface area contributed by atoms with Crippen LogP contribution in [0, 0.1) is 0 Å². The lowest BCUT2D eigenvalue weighted by Gasteiger charge is -2.18. The Kier molecular flexibility index (Phi) is 4.69. The van der Waals surface area contributed by atoms with Crippen molar-refractivity contribution in [3.63, 3.8) is 0 Å². The number of aromatic nitrogens is 5. The van der Waals surface area contributed by atoms with Gasteiger partial charge in [0.2, 0.25) is 5.95 Å². The molecule has 2 N–H and O–H groups in total. The molecule has 26 heavy (non-hydrogen) atoms. The van der Waals surface area contributed by atoms with Crippen LogP contribution in [0.5, 0.6) is 0 Å². The first kappa shape index (κ1) is 16.8. The maximum atomic E-state index is 13.0. The number of nitrogens with one attached hydrogen (secondary N) is 2. The Morgan fingerprint density at radius 1 is 1.27 bits per heavy atom. The summed E-state index contributed by atoms with van der Waals surface area (Å²) in [6, 6.07) is 3.75. The largest absolute Gasteiger partial charge is 0.336 e. The number of hydrogen-bond donors (Lipinski definition) is 2. The summed E-state index contributed by atoms with van der Waals surface area (Å²) in [6.07, 6.45) is 10.3. The van der Waals surface area contributed by atoms with Gasteiger partial charge in [0.1, 0.15) is 5.82 Å². The quantitative estimate of drug-likeness (QED) is 0.730. The van der Waals surface area contributed by atoms with E-state index in [1.165, 1.54) is 19.3 Å². The van der Waals surface area contributed by atoms with Gasteiger partial charge in [0, 0.05) is 18.7 Å². The third-order valence-corrected chi connectivity index (χ3v) is 4.99. The molecule has 1 saturated carbocycles. The minimum Gasteiger partial charge on any atom is -0.336 e. The Balaban J connectivity index is 1.77. The first-order valence-electron chi connectivity index (χ1n) is 9.43. The lowest BCUT2D eigenvalue weighted by Crippen LogP contribution is -2.24. The van der Waals surface area contributed by atoms with Crippen molar-refractivity contribution in [3.05, 3.63) is 40.7 Å². The van der Waals surface area contributed by atoms with Gasteiger partial charge in [-0.25, -0.2) is 4.98 Å². The highest BCUT2D eigenvalue weighted by Gasteiger charge is 2.21. The molecule has 3 aromatic heterocycles. The highest BCUT2D eigenvalue weighted by Crippen LogP contribution is 2.31. The van der Waals surface area contributed by atoms with Crippen LogP contribution in [0.25, 0.3) is 11.2 Å². The first-order valence-corrected chi connectivity index (χ1v) is 9.43. The smallest absolute Gasteiger partial charge is 0.280 e. The lowest BCUT2D eigenvalue weighted by atomic mass is 9.89. The molecule has 0 atom stereocenters. The number of H-pyrrole nitrogens is 1. The van der Waals surface area contributed by atoms with Crippen LogP contribution in [0.1, 0.15) is 57.2 Å². The second-order valence-corrected chi connectivity index (χ2v) is 6.91. The number of hydrogen-bond acceptors (Lipinski definition) is 5. The van der Waals surface area contributed by atoms with Crippen LogP contribution in [-0.2, 0) is 6.54 Å². The van der Waals surface area contributed by atoms with Crippen molar-refractivity contribution in [2.75, 3.05) is 5.32 Å². The molecule has 7 nitrogen and oxygen atoms in total. The van der Waals surface area contributed by atoms with Gasteiger partial charge in [0.25, 0.3) is 5.56 Å². The average molecular weight is 352 g/mol. The normalized spacial score (nSPS) is 15.4. The van der Waals surface area contributed by atoms with E-state index < -0.39 is 0 Å². The zero-order valence-corrected chi connectivity index (χ0v) is 15.0. The van der Waals surface area contributed by atoms with Gasteiger partial charge in [-0.05, 0) is 31.4 Å². The molecule has 1 aliphatic carbocycles. The van der Waals surface area contributed by atoms with Gasteiger partial charge in [-0.3, -0.25) is 14.3 Å². The number of pyridine rings is 1. The Morgan fingerprint density at radius 2 is 2.12 bits per heavy atom. The summed E-state index contributed by atoms with van der Waals surface area (Å²) in [5.41, 5.74) is 1.73. The van der Waals surface area contributed by atoms with E-state index in [1.807, 2.05) is 19.1 Å². The topological polar surface area (TPSA) is 88.5 Å². The highest BCUT2D eigenvalue weighted by atomic mass is 16.1. The van der Waals surface area contributed by atoms with Crippen LogP contribution < -0.4 is 10.9 Å². The molecule has 0 saturated heterocycles. The van der Waals surface area contributed by atoms with E-state index in [1.54, 1.807) is 17.0 Å². The fourth-order valence-corrected chi connectivity index (χ4v) is 3.67. The fraction of sp³-hybridized carbons (Fsp3) is 0.474. The molecule has 0 spiro atoms. The summed E-state index contributed by atoms with van der Waals surface area (Å²) in [5.74, 6) is 1.83. The van der Waals surface area contributed by atoms with Crippen molar-refractivity contribution in [2.24, 2.45) is 0 Å². The number of rotatable bonds is 5. The molecular weight excluding hydrogens is 328 g/mol. The average Bonchev–Trinajstić information content (AvgIpc) is 3.11. The fourth-order valence-electron chi connectivity index (χ4n) is 3.67. The Hall–Kier alpha value is -2.70. The van der Waals surface area contributed by atoms with E-state index >= 15 is 0 Å². The Morgan fingerprint density at radius 3 is 2.85 bits per heavy atom. The number of nitrogens with zero attached hydrogens (tertiary/aromatic N) is 4. The number of anilines is 2. The summed E-state index contributed by atoms with van der Waals surface area (Å²) in [6.45, 7) is 2.65. The van der Waals surface area contributed by atoms with Crippen LogP contribution in [0.15, 0.2) is 29.3 Å². The van der Waals surface area contributed by atoms with Gasteiger partial charge >= 0.3 is 0 Å². The first-order chi connectivity index (χ1) is 12.8. The van der Waals surface area contributed by atoms with Gasteiger partial charge in [-0.1, -0.05) is 26.2 Å². The van der Waals surface area contributed by atoms with E-state index in [-0.39, 0.29) is 5.56 Å². The van der Waals surface area contributed by atoms with Gasteiger partial charge < -0.3 is 10.3 Å². The maximum absolute atomic E-state index is 13.0. The molecule has 136 valence electrons. The molecule has 0 bridgehead atoms. The van der Waals surface area contributed by atoms with Crippen LogP contribution in [0.3, 0.4) is 0 Å². The molecule has 0 radical (unpaired) electrons. The van der Waals surface area contributed by atoms with Crippen LogP contribution in [0.2, 0.25) is 0 Å². The summed E-state index contributed by atoms with van der Waals surface area (Å²) in [7, 11) is 0. The highest BCUT2D eigenvalue weighted by molar-refractivity contribution is 5.72. The summed E-state index contributed by atoms with van der Waals surface area (Å²) < 4.78 is 1.68. The molecule has 0 amide bonds. The summed E-state index contributed by atoms with van der Waals surface area (Å²) in [4.78, 5) is 29.7. The third kappa shape index (κ3) is 3.21. The Labute approximate surface area is 151 Å². The van der Waals surface area contributed by atoms with E-state index in [9.17, 15) is 4.79 Å². The third-order valence-electron chi connectivity index (χ3n) is 4.99. The van der Waals surface area contributed by atoms with Gasteiger partial charge in [-0.15, -0.1) is 0 Å². The van der Waals surface area contributed by atoms with Crippen LogP contribution in [0.4, 0.5) is 11.6 Å². The molecule has 0 aliphatic heterocycles. The zero-order chi connectivity index (χ0) is 17.9. The van der Waals surface area contributed by atoms with Crippen molar-refractivity contribution >= 4 is 22.8 Å².